The van der Waals surface area contributed by atoms with E-state index in [4.69, 9.17) is 9.26 Å². The second kappa shape index (κ2) is 6.57. The standard InChI is InChI=1S/C18H16N4O4/c1-22-9-14(17(23)20-18(22)24)16-19-15(26-21-16)5-3-11-2-4-12-6-7-25-10-13(12)8-11/h2-5,8-9H,6-7,10H2,1H3,(H,20,23,24)/b5-3+. The zero-order chi connectivity index (χ0) is 18.1. The molecule has 132 valence electrons. The molecule has 4 rings (SSSR count). The lowest BCUT2D eigenvalue weighted by Crippen LogP contribution is -2.28. The van der Waals surface area contributed by atoms with Crippen LogP contribution in [0.15, 0.2) is 38.5 Å². The van der Waals surface area contributed by atoms with E-state index < -0.39 is 11.2 Å². The van der Waals surface area contributed by atoms with Gasteiger partial charge in [0.25, 0.3) is 11.4 Å². The first-order valence-electron chi connectivity index (χ1n) is 8.12. The molecule has 0 spiro atoms. The average Bonchev–Trinajstić information content (AvgIpc) is 3.11. The quantitative estimate of drug-likeness (QED) is 0.764. The molecule has 8 heteroatoms. The Kier molecular flexibility index (Phi) is 4.10. The molecule has 1 N–H and O–H groups in total. The van der Waals surface area contributed by atoms with Gasteiger partial charge in [0.1, 0.15) is 5.56 Å². The van der Waals surface area contributed by atoms with Crippen LogP contribution in [0.4, 0.5) is 0 Å². The predicted octanol–water partition coefficient (Wildman–Crippen LogP) is 1.37. The van der Waals surface area contributed by atoms with E-state index in [1.54, 1.807) is 6.08 Å². The van der Waals surface area contributed by atoms with E-state index in [2.05, 4.69) is 27.3 Å². The van der Waals surface area contributed by atoms with Gasteiger partial charge in [0.15, 0.2) is 0 Å². The molecule has 1 aromatic carbocycles. The highest BCUT2D eigenvalue weighted by atomic mass is 16.5. The van der Waals surface area contributed by atoms with Crippen LogP contribution in [0, 0.1) is 0 Å². The second-order valence-corrected chi connectivity index (χ2v) is 6.03. The highest BCUT2D eigenvalue weighted by Gasteiger charge is 2.13. The fourth-order valence-electron chi connectivity index (χ4n) is 2.79. The van der Waals surface area contributed by atoms with E-state index in [-0.39, 0.29) is 17.3 Å². The first-order valence-corrected chi connectivity index (χ1v) is 8.12. The molecule has 0 radical (unpaired) electrons. The Balaban J connectivity index is 1.59. The van der Waals surface area contributed by atoms with Crippen molar-refractivity contribution < 1.29 is 9.26 Å². The molecule has 3 aromatic rings. The number of nitrogens with zero attached hydrogens (tertiary/aromatic N) is 3. The van der Waals surface area contributed by atoms with E-state index in [1.165, 1.54) is 28.9 Å². The third-order valence-corrected chi connectivity index (χ3v) is 4.21. The number of H-pyrrole nitrogens is 1. The fraction of sp³-hybridized carbons (Fsp3) is 0.222. The maximum Gasteiger partial charge on any atom is 0.328 e. The van der Waals surface area contributed by atoms with Gasteiger partial charge in [0, 0.05) is 19.3 Å². The molecule has 26 heavy (non-hydrogen) atoms. The molecule has 0 atom stereocenters. The monoisotopic (exact) mass is 352 g/mol. The van der Waals surface area contributed by atoms with Crippen LogP contribution in [0.25, 0.3) is 23.5 Å². The van der Waals surface area contributed by atoms with E-state index in [1.807, 2.05) is 12.1 Å². The molecule has 0 saturated carbocycles. The van der Waals surface area contributed by atoms with Gasteiger partial charge in [-0.05, 0) is 35.3 Å². The Labute approximate surface area is 147 Å². The first kappa shape index (κ1) is 16.2. The fourth-order valence-corrected chi connectivity index (χ4v) is 2.79. The number of aromatic nitrogens is 4. The number of hydrogen-bond acceptors (Lipinski definition) is 6. The third kappa shape index (κ3) is 3.14. The van der Waals surface area contributed by atoms with Crippen molar-refractivity contribution in [2.75, 3.05) is 6.61 Å². The van der Waals surface area contributed by atoms with Crippen molar-refractivity contribution in [2.45, 2.75) is 13.0 Å². The van der Waals surface area contributed by atoms with Crippen LogP contribution in [0.1, 0.15) is 22.6 Å². The minimum absolute atomic E-state index is 0.125. The molecule has 0 amide bonds. The summed E-state index contributed by atoms with van der Waals surface area (Å²) in [5, 5.41) is 3.81. The number of nitrogens with one attached hydrogen (secondary N) is 1. The highest BCUT2D eigenvalue weighted by molar-refractivity contribution is 5.67. The van der Waals surface area contributed by atoms with Gasteiger partial charge in [-0.15, -0.1) is 0 Å². The van der Waals surface area contributed by atoms with Gasteiger partial charge in [-0.1, -0.05) is 17.3 Å². The van der Waals surface area contributed by atoms with Crippen LogP contribution in [0.2, 0.25) is 0 Å². The summed E-state index contributed by atoms with van der Waals surface area (Å²) in [6.45, 7) is 1.38. The molecular formula is C18H16N4O4. The summed E-state index contributed by atoms with van der Waals surface area (Å²) in [7, 11) is 1.53. The SMILES string of the molecule is Cn1cc(-c2noc(/C=C/c3ccc4c(c3)COCC4)n2)c(=O)[nH]c1=O. The summed E-state index contributed by atoms with van der Waals surface area (Å²) in [6.07, 6.45) is 5.85. The summed E-state index contributed by atoms with van der Waals surface area (Å²) in [5.74, 6) is 0.391. The summed E-state index contributed by atoms with van der Waals surface area (Å²) in [5.41, 5.74) is 2.59. The molecule has 0 unspecified atom stereocenters. The Bertz CT molecular complexity index is 1110. The summed E-state index contributed by atoms with van der Waals surface area (Å²) in [4.78, 5) is 29.7. The molecule has 0 aliphatic carbocycles. The lowest BCUT2D eigenvalue weighted by Gasteiger charge is -2.16. The van der Waals surface area contributed by atoms with Gasteiger partial charge < -0.3 is 13.8 Å². The number of aromatic amines is 1. The zero-order valence-corrected chi connectivity index (χ0v) is 14.1. The number of fused-ring (bicyclic) bond motifs is 1. The van der Waals surface area contributed by atoms with Gasteiger partial charge >= 0.3 is 5.69 Å². The smallest absolute Gasteiger partial charge is 0.328 e. The van der Waals surface area contributed by atoms with Crippen LogP contribution in [0.3, 0.4) is 0 Å². The Morgan fingerprint density at radius 2 is 2.12 bits per heavy atom. The molecule has 3 heterocycles. The van der Waals surface area contributed by atoms with Crippen LogP contribution in [-0.2, 0) is 24.8 Å². The lowest BCUT2D eigenvalue weighted by molar-refractivity contribution is 0.111. The average molecular weight is 352 g/mol. The van der Waals surface area contributed by atoms with Gasteiger partial charge in [-0.3, -0.25) is 9.78 Å². The number of rotatable bonds is 3. The van der Waals surface area contributed by atoms with Crippen LogP contribution in [-0.4, -0.2) is 26.3 Å². The van der Waals surface area contributed by atoms with Gasteiger partial charge in [-0.25, -0.2) is 4.79 Å². The zero-order valence-electron chi connectivity index (χ0n) is 14.1. The topological polar surface area (TPSA) is 103 Å². The van der Waals surface area contributed by atoms with E-state index in [0.717, 1.165) is 18.6 Å². The summed E-state index contributed by atoms with van der Waals surface area (Å²) in [6, 6.07) is 6.19. The molecule has 1 aliphatic heterocycles. The van der Waals surface area contributed by atoms with Gasteiger partial charge in [0.05, 0.1) is 13.2 Å². The molecule has 2 aromatic heterocycles. The number of aryl methyl sites for hydroxylation is 1. The first-order chi connectivity index (χ1) is 12.6. The largest absolute Gasteiger partial charge is 0.376 e. The van der Waals surface area contributed by atoms with Crippen molar-refractivity contribution in [2.24, 2.45) is 7.05 Å². The molecule has 0 fully saturated rings. The number of benzene rings is 1. The van der Waals surface area contributed by atoms with Crippen molar-refractivity contribution in [3.63, 3.8) is 0 Å². The third-order valence-electron chi connectivity index (χ3n) is 4.21. The predicted molar refractivity (Wildman–Crippen MR) is 94.3 cm³/mol. The Morgan fingerprint density at radius 3 is 3.00 bits per heavy atom. The maximum atomic E-state index is 11.9. The molecule has 1 aliphatic rings. The minimum atomic E-state index is -0.556. The van der Waals surface area contributed by atoms with Crippen LogP contribution < -0.4 is 11.2 Å². The van der Waals surface area contributed by atoms with E-state index in [9.17, 15) is 9.59 Å². The van der Waals surface area contributed by atoms with Crippen LogP contribution >= 0.6 is 0 Å². The summed E-state index contributed by atoms with van der Waals surface area (Å²) >= 11 is 0. The highest BCUT2D eigenvalue weighted by Crippen LogP contribution is 2.20. The summed E-state index contributed by atoms with van der Waals surface area (Å²) < 4.78 is 11.9. The lowest BCUT2D eigenvalue weighted by atomic mass is 10.0. The van der Waals surface area contributed by atoms with Crippen molar-refractivity contribution in [1.82, 2.24) is 19.7 Å². The Morgan fingerprint density at radius 1 is 1.23 bits per heavy atom. The molecule has 0 saturated heterocycles. The minimum Gasteiger partial charge on any atom is -0.376 e. The van der Waals surface area contributed by atoms with Crippen molar-refractivity contribution >= 4 is 12.2 Å². The second-order valence-electron chi connectivity index (χ2n) is 6.03. The number of ether oxygens (including phenoxy) is 1. The van der Waals surface area contributed by atoms with Gasteiger partial charge in [-0.2, -0.15) is 4.98 Å². The van der Waals surface area contributed by atoms with E-state index in [0.29, 0.717) is 6.61 Å². The van der Waals surface area contributed by atoms with Crippen LogP contribution in [0.5, 0.6) is 0 Å². The Hall–Kier alpha value is -3.26. The van der Waals surface area contributed by atoms with Crippen molar-refractivity contribution in [1.29, 1.82) is 0 Å². The van der Waals surface area contributed by atoms with Crippen molar-refractivity contribution in [3.05, 3.63) is 67.8 Å². The molecular weight excluding hydrogens is 336 g/mol. The van der Waals surface area contributed by atoms with E-state index >= 15 is 0 Å². The number of hydrogen-bond donors (Lipinski definition) is 1. The van der Waals surface area contributed by atoms with Crippen molar-refractivity contribution in [3.8, 4) is 11.4 Å². The van der Waals surface area contributed by atoms with Gasteiger partial charge in [0.2, 0.25) is 5.82 Å². The molecule has 8 nitrogen and oxygen atoms in total. The molecule has 0 bridgehead atoms. The maximum absolute atomic E-state index is 11.9. The normalized spacial score (nSPS) is 13.9.